The maximum Gasteiger partial charge on any atom is 0.353 e. The van der Waals surface area contributed by atoms with Crippen LogP contribution in [0.4, 0.5) is 0 Å². The van der Waals surface area contributed by atoms with Crippen molar-refractivity contribution in [1.29, 1.82) is 0 Å². The van der Waals surface area contributed by atoms with Gasteiger partial charge in [-0.05, 0) is 59.8 Å². The Balaban J connectivity index is 1.96. The molecule has 2 aromatic rings. The van der Waals surface area contributed by atoms with Crippen LogP contribution in [-0.2, 0) is 0 Å². The smallest absolute Gasteiger partial charge is 0.353 e. The molecule has 2 N–H and O–H groups in total. The van der Waals surface area contributed by atoms with Gasteiger partial charge < -0.3 is 14.6 Å². The van der Waals surface area contributed by atoms with Gasteiger partial charge in [0.15, 0.2) is 11.5 Å². The van der Waals surface area contributed by atoms with E-state index < -0.39 is 5.97 Å². The highest BCUT2D eigenvalue weighted by Gasteiger charge is 2.21. The Morgan fingerprint density at radius 3 is 2.70 bits per heavy atom. The molecule has 1 fully saturated rings. The molecule has 1 aromatic heterocycles. The third kappa shape index (κ3) is 3.34. The summed E-state index contributed by atoms with van der Waals surface area (Å²) in [6.45, 7) is 0. The van der Waals surface area contributed by atoms with Crippen molar-refractivity contribution >= 4 is 21.9 Å². The van der Waals surface area contributed by atoms with Crippen molar-refractivity contribution in [1.82, 2.24) is 10.2 Å². The van der Waals surface area contributed by atoms with Crippen molar-refractivity contribution in [3.05, 3.63) is 28.4 Å². The molecule has 0 saturated heterocycles. The Morgan fingerprint density at radius 2 is 2.09 bits per heavy atom. The van der Waals surface area contributed by atoms with Gasteiger partial charge in [-0.1, -0.05) is 0 Å². The second-order valence-corrected chi connectivity index (χ2v) is 6.34. The second-order valence-electron chi connectivity index (χ2n) is 5.49. The second kappa shape index (κ2) is 6.62. The number of hydrogen-bond donors (Lipinski definition) is 2. The van der Waals surface area contributed by atoms with Crippen molar-refractivity contribution < 1.29 is 19.4 Å². The standard InChI is InChI=1S/C16H17BrN2O4/c1-22-15-11(17)6-9(12-8-13(16(20)21)19-18-12)7-14(15)23-10-4-2-3-5-10/h6-8,10H,2-5H2,1H3,(H,18,19)(H,20,21). The van der Waals surface area contributed by atoms with E-state index in [2.05, 4.69) is 26.1 Å². The summed E-state index contributed by atoms with van der Waals surface area (Å²) in [5.74, 6) is 0.233. The van der Waals surface area contributed by atoms with Gasteiger partial charge in [-0.25, -0.2) is 4.79 Å². The van der Waals surface area contributed by atoms with Crippen molar-refractivity contribution in [2.45, 2.75) is 31.8 Å². The van der Waals surface area contributed by atoms with E-state index in [9.17, 15) is 4.79 Å². The lowest BCUT2D eigenvalue weighted by Gasteiger charge is -2.17. The molecule has 0 aliphatic heterocycles. The minimum absolute atomic E-state index is 0.0465. The molecule has 0 bridgehead atoms. The van der Waals surface area contributed by atoms with Crippen LogP contribution >= 0.6 is 15.9 Å². The molecule has 1 aliphatic rings. The van der Waals surface area contributed by atoms with E-state index in [0.29, 0.717) is 17.2 Å². The van der Waals surface area contributed by atoms with Gasteiger partial charge in [-0.2, -0.15) is 5.10 Å². The van der Waals surface area contributed by atoms with E-state index in [0.717, 1.165) is 22.9 Å². The fraction of sp³-hybridized carbons (Fsp3) is 0.375. The number of carboxylic acids is 1. The summed E-state index contributed by atoms with van der Waals surface area (Å²) in [7, 11) is 1.60. The highest BCUT2D eigenvalue weighted by molar-refractivity contribution is 9.10. The van der Waals surface area contributed by atoms with Gasteiger partial charge in [-0.15, -0.1) is 0 Å². The number of carbonyl (C=O) groups is 1. The lowest BCUT2D eigenvalue weighted by molar-refractivity contribution is 0.0690. The first-order valence-electron chi connectivity index (χ1n) is 7.41. The van der Waals surface area contributed by atoms with E-state index in [-0.39, 0.29) is 11.8 Å². The molecule has 0 spiro atoms. The van der Waals surface area contributed by atoms with E-state index >= 15 is 0 Å². The molecule has 0 radical (unpaired) electrons. The van der Waals surface area contributed by atoms with Gasteiger partial charge in [0.25, 0.3) is 0 Å². The number of methoxy groups -OCH3 is 1. The van der Waals surface area contributed by atoms with Crippen LogP contribution in [0.3, 0.4) is 0 Å². The number of carboxylic acid groups (broad SMARTS) is 1. The third-order valence-corrected chi connectivity index (χ3v) is 4.50. The molecule has 0 atom stereocenters. The average Bonchev–Trinajstić information content (AvgIpc) is 3.18. The Kier molecular flexibility index (Phi) is 4.56. The van der Waals surface area contributed by atoms with Crippen LogP contribution in [0.15, 0.2) is 22.7 Å². The average molecular weight is 381 g/mol. The zero-order chi connectivity index (χ0) is 16.4. The molecule has 3 rings (SSSR count). The first-order valence-corrected chi connectivity index (χ1v) is 8.21. The summed E-state index contributed by atoms with van der Waals surface area (Å²) in [5, 5.41) is 15.6. The summed E-state index contributed by atoms with van der Waals surface area (Å²) in [6.07, 6.45) is 4.62. The maximum absolute atomic E-state index is 11.0. The number of benzene rings is 1. The molecular formula is C16H17BrN2O4. The zero-order valence-electron chi connectivity index (χ0n) is 12.6. The number of aromatic nitrogens is 2. The van der Waals surface area contributed by atoms with Crippen LogP contribution in [0, 0.1) is 0 Å². The molecule has 6 nitrogen and oxygen atoms in total. The lowest BCUT2D eigenvalue weighted by atomic mass is 10.1. The van der Waals surface area contributed by atoms with Crippen LogP contribution in [0.2, 0.25) is 0 Å². The monoisotopic (exact) mass is 380 g/mol. The number of nitrogens with zero attached hydrogens (tertiary/aromatic N) is 1. The van der Waals surface area contributed by atoms with Crippen LogP contribution in [-0.4, -0.2) is 34.5 Å². The predicted molar refractivity (Wildman–Crippen MR) is 88.1 cm³/mol. The molecule has 1 aliphatic carbocycles. The molecule has 1 saturated carbocycles. The molecule has 7 heteroatoms. The number of rotatable bonds is 5. The quantitative estimate of drug-likeness (QED) is 0.822. The Bertz CT molecular complexity index is 723. The van der Waals surface area contributed by atoms with Crippen molar-refractivity contribution in [2.75, 3.05) is 7.11 Å². The van der Waals surface area contributed by atoms with Gasteiger partial charge in [0.1, 0.15) is 5.69 Å². The Labute approximate surface area is 141 Å². The number of aromatic amines is 1. The number of nitrogens with one attached hydrogen (secondary N) is 1. The fourth-order valence-electron chi connectivity index (χ4n) is 2.77. The van der Waals surface area contributed by atoms with Crippen LogP contribution in [0.25, 0.3) is 11.3 Å². The molecule has 1 heterocycles. The summed E-state index contributed by atoms with van der Waals surface area (Å²) in [4.78, 5) is 11.0. The SMILES string of the molecule is COc1c(Br)cc(-c2cc(C(=O)O)[nH]n2)cc1OC1CCCC1. The van der Waals surface area contributed by atoms with Crippen LogP contribution < -0.4 is 9.47 Å². The van der Waals surface area contributed by atoms with E-state index in [1.807, 2.05) is 12.1 Å². The lowest BCUT2D eigenvalue weighted by Crippen LogP contribution is -2.11. The topological polar surface area (TPSA) is 84.4 Å². The molecule has 0 unspecified atom stereocenters. The van der Waals surface area contributed by atoms with Gasteiger partial charge in [0.2, 0.25) is 0 Å². The number of H-pyrrole nitrogens is 1. The summed E-state index contributed by atoms with van der Waals surface area (Å²) >= 11 is 3.48. The fourth-order valence-corrected chi connectivity index (χ4v) is 3.37. The highest BCUT2D eigenvalue weighted by Crippen LogP contribution is 2.41. The van der Waals surface area contributed by atoms with Crippen molar-refractivity contribution in [3.8, 4) is 22.8 Å². The van der Waals surface area contributed by atoms with Gasteiger partial charge >= 0.3 is 5.97 Å². The van der Waals surface area contributed by atoms with E-state index in [4.69, 9.17) is 14.6 Å². The largest absolute Gasteiger partial charge is 0.492 e. The number of halogens is 1. The normalized spacial score (nSPS) is 14.9. The first-order chi connectivity index (χ1) is 11.1. The van der Waals surface area contributed by atoms with Crippen LogP contribution in [0.5, 0.6) is 11.5 Å². The van der Waals surface area contributed by atoms with E-state index in [1.54, 1.807) is 7.11 Å². The van der Waals surface area contributed by atoms with Gasteiger partial charge in [0, 0.05) is 5.56 Å². The predicted octanol–water partition coefficient (Wildman–Crippen LogP) is 3.87. The van der Waals surface area contributed by atoms with Crippen LogP contribution in [0.1, 0.15) is 36.2 Å². The van der Waals surface area contributed by atoms with Gasteiger partial charge in [0.05, 0.1) is 23.4 Å². The minimum Gasteiger partial charge on any atom is -0.492 e. The summed E-state index contributed by atoms with van der Waals surface area (Å²) < 4.78 is 12.3. The number of ether oxygens (including phenoxy) is 2. The summed E-state index contributed by atoms with van der Waals surface area (Å²) in [5.41, 5.74) is 1.35. The molecule has 1 aromatic carbocycles. The number of hydrogen-bond acceptors (Lipinski definition) is 4. The van der Waals surface area contributed by atoms with Crippen molar-refractivity contribution in [3.63, 3.8) is 0 Å². The first kappa shape index (κ1) is 15.9. The summed E-state index contributed by atoms with van der Waals surface area (Å²) in [6, 6.07) is 5.17. The third-order valence-electron chi connectivity index (χ3n) is 3.91. The van der Waals surface area contributed by atoms with Crippen molar-refractivity contribution in [2.24, 2.45) is 0 Å². The highest BCUT2D eigenvalue weighted by atomic mass is 79.9. The minimum atomic E-state index is -1.04. The van der Waals surface area contributed by atoms with E-state index in [1.165, 1.54) is 18.9 Å². The maximum atomic E-state index is 11.0. The molecular weight excluding hydrogens is 364 g/mol. The number of aromatic carboxylic acids is 1. The Morgan fingerprint density at radius 1 is 1.35 bits per heavy atom. The molecule has 122 valence electrons. The molecule has 23 heavy (non-hydrogen) atoms. The zero-order valence-corrected chi connectivity index (χ0v) is 14.2. The van der Waals surface area contributed by atoms with Gasteiger partial charge in [-0.3, -0.25) is 5.10 Å². The Hall–Kier alpha value is -2.02. The molecule has 0 amide bonds.